The summed E-state index contributed by atoms with van der Waals surface area (Å²) in [5.41, 5.74) is 17.0. The van der Waals surface area contributed by atoms with Crippen LogP contribution in [-0.2, 0) is 71.3 Å². The molecule has 10 nitrogen and oxygen atoms in total. The molecule has 580 valence electrons. The van der Waals surface area contributed by atoms with Gasteiger partial charge in [-0.3, -0.25) is 4.68 Å². The van der Waals surface area contributed by atoms with Gasteiger partial charge in [0, 0.05) is 57.2 Å². The second-order valence-electron chi connectivity index (χ2n) is 34.0. The topological polar surface area (TPSA) is 107 Å². The highest BCUT2D eigenvalue weighted by molar-refractivity contribution is 7.19. The molecule has 0 saturated heterocycles. The average molecular weight is 1510 g/mol. The standard InChI is InChI=1S/C14H20O.C13H16O.C13H16S.C12H16N2.C12H16O.C11H13NO.C11H13NS.C11H14O2/c1-10(2)7-11-5-6-13-12(8-11)9-14(3,4)15-13;2*1-9(2)6-11-4-5-12-7-10(3)14-13(12)8-11;1-9(2)6-10-4-5-11-8-13-14(3)12(11)7-10;1-9(2)7-10-3-4-12-11(8-10)5-6-13-12;2*1-8(2)5-9-3-4-10-7-12-13-11(10)6-9;1-8(2)5-9-3-4-10-11(6-9)13-7-12-10/h5-6,8,10H,7,9H2,1-4H3;3*4-5,7-9H,6H2,1-3H3;3-4,8-9H,5-7H2,1-2H3;2*3-4,6-8H,5H2,1-2H3;3-4,6,8H,5,7H2,1-2H3. The molecule has 0 bridgehead atoms. The molecule has 13 aromatic rings. The lowest BCUT2D eigenvalue weighted by molar-refractivity contribution is 0.138. The zero-order valence-corrected chi connectivity index (χ0v) is 71.0. The van der Waals surface area contributed by atoms with Crippen molar-refractivity contribution in [1.82, 2.24) is 19.3 Å². The second kappa shape index (κ2) is 40.3. The summed E-state index contributed by atoms with van der Waals surface area (Å²) in [6, 6.07) is 56.5. The van der Waals surface area contributed by atoms with Crippen molar-refractivity contribution in [2.75, 3.05) is 13.4 Å². The van der Waals surface area contributed by atoms with Gasteiger partial charge >= 0.3 is 0 Å². The fourth-order valence-electron chi connectivity index (χ4n) is 14.0. The summed E-state index contributed by atoms with van der Waals surface area (Å²) >= 11 is 3.47. The number of benzene rings is 8. The Balaban J connectivity index is 0.000000144. The zero-order chi connectivity index (χ0) is 78.5. The van der Waals surface area contributed by atoms with Gasteiger partial charge in [0.25, 0.3) is 0 Å². The van der Waals surface area contributed by atoms with Crippen LogP contribution in [0.4, 0.5) is 0 Å². The Morgan fingerprint density at radius 3 is 1.45 bits per heavy atom. The number of ether oxygens (including phenoxy) is 4. The van der Waals surface area contributed by atoms with Crippen LogP contribution >= 0.6 is 22.9 Å². The van der Waals surface area contributed by atoms with E-state index in [1.165, 1.54) is 110 Å². The molecule has 5 aromatic heterocycles. The number of hydrogen-bond donors (Lipinski definition) is 0. The smallest absolute Gasteiger partial charge is 0.231 e. The van der Waals surface area contributed by atoms with Crippen molar-refractivity contribution in [1.29, 1.82) is 0 Å². The molecular formula is C97H124N4O6S2. The molecule has 0 spiro atoms. The second-order valence-corrected chi connectivity index (χ2v) is 36.1. The zero-order valence-electron chi connectivity index (χ0n) is 69.4. The van der Waals surface area contributed by atoms with E-state index in [0.717, 1.165) is 127 Å². The van der Waals surface area contributed by atoms with Gasteiger partial charge in [0.05, 0.1) is 29.2 Å². The first kappa shape index (κ1) is 84.3. The third kappa shape index (κ3) is 27.1. The van der Waals surface area contributed by atoms with E-state index in [2.05, 4.69) is 298 Å². The van der Waals surface area contributed by atoms with Gasteiger partial charge in [0.2, 0.25) is 6.79 Å². The van der Waals surface area contributed by atoms with Crippen LogP contribution in [0.25, 0.3) is 53.0 Å². The minimum absolute atomic E-state index is 0.0151. The van der Waals surface area contributed by atoms with Crippen LogP contribution in [0.3, 0.4) is 0 Å². The molecule has 0 unspecified atom stereocenters. The van der Waals surface area contributed by atoms with E-state index in [1.807, 2.05) is 48.5 Å². The number of rotatable bonds is 16. The van der Waals surface area contributed by atoms with Gasteiger partial charge in [0.1, 0.15) is 28.4 Å². The predicted octanol–water partition coefficient (Wildman–Crippen LogP) is 26.7. The lowest BCUT2D eigenvalue weighted by atomic mass is 9.97. The van der Waals surface area contributed by atoms with Crippen LogP contribution in [0.5, 0.6) is 23.0 Å². The van der Waals surface area contributed by atoms with Gasteiger partial charge in [0.15, 0.2) is 17.1 Å². The number of furan rings is 1. The summed E-state index contributed by atoms with van der Waals surface area (Å²) in [7, 11) is 1.99. The van der Waals surface area contributed by atoms with E-state index >= 15 is 0 Å². The Bertz CT molecular complexity index is 4720. The Hall–Kier alpha value is -8.71. The normalized spacial score (nSPS) is 12.9. The first-order valence-corrected chi connectivity index (χ1v) is 41.5. The third-order valence-electron chi connectivity index (χ3n) is 18.5. The van der Waals surface area contributed by atoms with Crippen molar-refractivity contribution in [3.8, 4) is 23.0 Å². The molecule has 12 heteroatoms. The minimum Gasteiger partial charge on any atom is -0.493 e. The third-order valence-corrected chi connectivity index (χ3v) is 20.3. The highest BCUT2D eigenvalue weighted by atomic mass is 32.1. The van der Waals surface area contributed by atoms with E-state index in [0.29, 0.717) is 30.5 Å². The quantitative estimate of drug-likeness (QED) is 0.0935. The molecular weight excluding hydrogens is 1380 g/mol. The number of fused-ring (bicyclic) bond motifs is 8. The van der Waals surface area contributed by atoms with Crippen molar-refractivity contribution < 1.29 is 27.9 Å². The lowest BCUT2D eigenvalue weighted by Gasteiger charge is -2.16. The maximum Gasteiger partial charge on any atom is 0.231 e. The van der Waals surface area contributed by atoms with E-state index < -0.39 is 0 Å². The number of aromatic nitrogens is 4. The molecule has 0 amide bonds. The lowest BCUT2D eigenvalue weighted by Crippen LogP contribution is -2.24. The number of aryl methyl sites for hydroxylation is 3. The maximum absolute atomic E-state index is 5.85. The summed E-state index contributed by atoms with van der Waals surface area (Å²) in [5.74, 6) is 10.6. The van der Waals surface area contributed by atoms with Gasteiger partial charge in [-0.1, -0.05) is 201 Å². The molecule has 0 fully saturated rings. The fourth-order valence-corrected chi connectivity index (χ4v) is 15.7. The van der Waals surface area contributed by atoms with Crippen LogP contribution in [0.2, 0.25) is 0 Å². The van der Waals surface area contributed by atoms with E-state index in [4.69, 9.17) is 27.9 Å². The molecule has 0 aliphatic carbocycles. The first-order chi connectivity index (χ1) is 51.9. The molecule has 8 heterocycles. The van der Waals surface area contributed by atoms with Gasteiger partial charge in [-0.15, -0.1) is 11.3 Å². The molecule has 8 aromatic carbocycles. The Morgan fingerprint density at radius 1 is 0.404 bits per heavy atom. The summed E-state index contributed by atoms with van der Waals surface area (Å²) in [4.78, 5) is 1.40. The summed E-state index contributed by atoms with van der Waals surface area (Å²) < 4.78 is 41.4. The van der Waals surface area contributed by atoms with Crippen LogP contribution in [0.1, 0.15) is 191 Å². The summed E-state index contributed by atoms with van der Waals surface area (Å²) in [6.45, 7) is 45.5. The molecule has 0 N–H and O–H groups in total. The molecule has 0 radical (unpaired) electrons. The molecule has 109 heavy (non-hydrogen) atoms. The largest absolute Gasteiger partial charge is 0.493 e. The number of nitrogens with zero attached hydrogens (tertiary/aromatic N) is 4. The van der Waals surface area contributed by atoms with Crippen LogP contribution in [0.15, 0.2) is 185 Å². The van der Waals surface area contributed by atoms with Crippen LogP contribution < -0.4 is 18.9 Å². The highest BCUT2D eigenvalue weighted by Crippen LogP contribution is 2.37. The predicted molar refractivity (Wildman–Crippen MR) is 463 cm³/mol. The maximum atomic E-state index is 5.85. The van der Waals surface area contributed by atoms with Crippen LogP contribution in [-0.4, -0.2) is 38.3 Å². The van der Waals surface area contributed by atoms with Crippen molar-refractivity contribution >= 4 is 75.9 Å². The van der Waals surface area contributed by atoms with E-state index in [9.17, 15) is 0 Å². The SMILES string of the molecule is CC(C)Cc1ccc2c(c1)CC(C)(C)O2.CC(C)Cc1ccc2c(c1)CCO2.CC(C)Cc1ccc2c(c1)OCO2.CC(C)Cc1ccc2cnn(C)c2c1.CC(C)Cc1ccc2cnoc2c1.CC(C)Cc1ccc2cnsc2c1.Cc1cc2ccc(CC(C)C)cc2o1.Cc1cc2ccc(CC(C)C)cc2s1. The Morgan fingerprint density at radius 2 is 0.862 bits per heavy atom. The Labute approximate surface area is 660 Å². The van der Waals surface area contributed by atoms with Crippen LogP contribution in [0, 0.1) is 61.2 Å². The van der Waals surface area contributed by atoms with Gasteiger partial charge in [-0.25, -0.2) is 0 Å². The summed E-state index contributed by atoms with van der Waals surface area (Å²) in [6.07, 6.45) is 16.8. The summed E-state index contributed by atoms with van der Waals surface area (Å²) in [5, 5.41) is 14.1. The van der Waals surface area contributed by atoms with Gasteiger partial charge < -0.3 is 27.9 Å². The fraction of sp³-hybridized carbons (Fsp3) is 0.433. The molecule has 0 saturated carbocycles. The van der Waals surface area contributed by atoms with Gasteiger partial charge in [-0.05, 0) is 272 Å². The molecule has 3 aliphatic heterocycles. The monoisotopic (exact) mass is 1500 g/mol. The first-order valence-electron chi connectivity index (χ1n) is 39.9. The van der Waals surface area contributed by atoms with E-state index in [-0.39, 0.29) is 5.60 Å². The van der Waals surface area contributed by atoms with Gasteiger partial charge in [-0.2, -0.15) is 9.47 Å². The average Bonchev–Trinajstić information content (AvgIpc) is 1.67. The molecule has 3 aliphatic rings. The molecule has 0 atom stereocenters. The van der Waals surface area contributed by atoms with Crippen molar-refractivity contribution in [3.05, 3.63) is 243 Å². The van der Waals surface area contributed by atoms with Crippen molar-refractivity contribution in [2.24, 2.45) is 54.4 Å². The van der Waals surface area contributed by atoms with E-state index in [1.54, 1.807) is 17.7 Å². The Kier molecular flexibility index (Phi) is 31.2. The van der Waals surface area contributed by atoms with Crippen molar-refractivity contribution in [2.45, 2.75) is 208 Å². The molecule has 16 rings (SSSR count). The number of hydrogen-bond acceptors (Lipinski definition) is 11. The highest BCUT2D eigenvalue weighted by Gasteiger charge is 2.30. The minimum atomic E-state index is -0.0151. The van der Waals surface area contributed by atoms with Crippen molar-refractivity contribution in [3.63, 3.8) is 0 Å². The number of thiophene rings is 1.